The molecule has 22 atom stereocenters. The summed E-state index contributed by atoms with van der Waals surface area (Å²) in [7, 11) is 1.48. The highest BCUT2D eigenvalue weighted by Gasteiger charge is 2.53. The van der Waals surface area contributed by atoms with Crippen molar-refractivity contribution in [2.24, 2.45) is 17.4 Å². The number of nitrogens with two attached hydrogens (primary N) is 2. The molecule has 3 saturated heterocycles. The number of aliphatic carboxylic acids is 1. The summed E-state index contributed by atoms with van der Waals surface area (Å²) >= 11 is 14.7. The van der Waals surface area contributed by atoms with Crippen LogP contribution in [-0.4, -0.2) is 222 Å². The molecule has 0 aromatic heterocycles. The molecule has 37 nitrogen and oxygen atoms in total. The number of phenolic OH excluding ortho intramolecular Hbond substituents is 3. The minimum atomic E-state index is -2.39. The van der Waals surface area contributed by atoms with Crippen molar-refractivity contribution in [2.75, 3.05) is 20.3 Å². The van der Waals surface area contributed by atoms with E-state index in [0.29, 0.717) is 12.4 Å². The molecule has 0 saturated carbocycles. The van der Waals surface area contributed by atoms with E-state index in [0.717, 1.165) is 73.4 Å². The Hall–Kier alpha value is -10.3. The summed E-state index contributed by atoms with van der Waals surface area (Å²) in [5, 5.41) is 138. The van der Waals surface area contributed by atoms with Crippen molar-refractivity contribution in [2.45, 2.75) is 265 Å². The number of aromatic hydroxyl groups is 3. The number of unbranched alkanes of at least 4 members (excludes halogenated alkanes) is 7. The SMILES string of the molecule is CCCCCCCCCCOc1ccc(CN[C@@]2(C)C[C@H](O[C@H]3[C@H](Oc4c5cc6cc4Oc4ccc(cc4Cl)[C@@H](O[C@H]4C[C@](C)(N)[C@@H](O)[C@H](C)O4)[C@@H]4NC(=O)[C@H](NC(=O)[C@@H]6NC(=O)[C@H](CC(N)=O)NC(=O)[C@H](NC(=O)[C@@H](CC(C)C)NC)[C@H](O)c6ccc(c(Cl)c6)O5)c5ccc(O)c(c5)-c5c(O)cc(O)cc5C(C(=O)O)NC4=O)O[C@H](CO)[C@@H](O)[C@@H]3O)O[C@@H](C)[C@@H]2O)cc1. The molecule has 6 aromatic rings. The standard InChI is InChI=1S/C90H114Cl2N10O27/c1-9-10-11-12-13-14-15-16-27-121-50-22-17-44(18-23-50)39-96-90(7)38-66(123-43(5)80(90)112)128-78-75(110)74(109)63(40-103)126-88(78)129-77-61-32-48-33-62(77)125-60-26-21-47(31-54(60)92)76(127-65-37-89(6,94)79(111)42(4)122-65)72-86(118)100-70(87(119)120)52-34-49(104)35-58(106)67(52)51-29-45(19-24-57(51)105)68(83(115)102-72)99-84(116)69(48)98-82(114)56(36-64(93)107)97-85(117)71(101-81(113)55(95-8)28-41(2)3)73(108)46-20-25-59(124-61)53(91)30-46/h17-26,29-35,41-43,55-56,63,65-66,68-76,78-80,88,95-96,103-106,108-112H,9-16,27-28,36-40,94H2,1-8H3,(H2,93,107)(H,97,117)(H,98,114)(H,99,116)(H,100,118)(H,101,113)(H,102,115)(H,119,120)/t42-,43-,55+,56-,63+,65-,66-,68+,69+,70?,71+,72-,73+,74+,75-,76+,78+,79-,80-,88-,89-,90-/m0/s1. The van der Waals surface area contributed by atoms with E-state index in [1.165, 1.54) is 83.3 Å². The molecule has 39 heteroatoms. The molecule has 14 rings (SSSR count). The number of ether oxygens (including phenoxy) is 9. The molecule has 3 fully saturated rings. The summed E-state index contributed by atoms with van der Waals surface area (Å²) in [5.41, 5.74) is 7.85. The second-order valence-corrected chi connectivity index (χ2v) is 35.3. The maximum absolute atomic E-state index is 16.6. The first-order valence-electron chi connectivity index (χ1n) is 43.0. The van der Waals surface area contributed by atoms with Crippen molar-refractivity contribution in [1.82, 2.24) is 42.5 Å². The molecule has 8 heterocycles. The van der Waals surface area contributed by atoms with Gasteiger partial charge < -0.3 is 148 Å². The first-order valence-corrected chi connectivity index (χ1v) is 43.8. The molecule has 8 aliphatic rings. The molecule has 22 N–H and O–H groups in total. The Kier molecular flexibility index (Phi) is 32.0. The number of carboxylic acids is 1. The highest BCUT2D eigenvalue weighted by molar-refractivity contribution is 6.32. The lowest BCUT2D eigenvalue weighted by Gasteiger charge is -2.48. The fourth-order valence-corrected chi connectivity index (χ4v) is 17.3. The topological polar surface area (TPSA) is 570 Å². The minimum absolute atomic E-state index is 0.117. The molecule has 700 valence electrons. The van der Waals surface area contributed by atoms with Crippen LogP contribution in [0.1, 0.15) is 189 Å². The predicted octanol–water partition coefficient (Wildman–Crippen LogP) is 5.69. The number of hydrogen-bond donors (Lipinski definition) is 20. The molecule has 0 aliphatic carbocycles. The van der Waals surface area contributed by atoms with E-state index in [9.17, 15) is 65.4 Å². The number of likely N-dealkylation sites (N-methyl/N-ethyl adjacent to an activating group) is 1. The van der Waals surface area contributed by atoms with Crippen molar-refractivity contribution in [3.05, 3.63) is 147 Å². The molecular weight excluding hydrogens is 1720 g/mol. The number of aliphatic hydroxyl groups is 6. The molecule has 0 radical (unpaired) electrons. The van der Waals surface area contributed by atoms with E-state index in [4.69, 9.17) is 77.3 Å². The number of fused-ring (bicyclic) bond motifs is 15. The first kappa shape index (κ1) is 97.8. The summed E-state index contributed by atoms with van der Waals surface area (Å²) in [5.74, 6) is -15.4. The zero-order valence-electron chi connectivity index (χ0n) is 72.4. The molecular formula is C90H114Cl2N10O27. The number of carbonyl (C=O) groups excluding carboxylic acids is 7. The fraction of sp³-hybridized carbons (Fsp3) is 0.511. The number of aliphatic hydroxyl groups excluding tert-OH is 6. The normalized spacial score (nSPS) is 29.2. The van der Waals surface area contributed by atoms with Gasteiger partial charge in [0.15, 0.2) is 36.2 Å². The third-order valence-corrected chi connectivity index (χ3v) is 24.6. The average Bonchev–Trinajstić information content (AvgIpc) is 0.761. The van der Waals surface area contributed by atoms with Crippen LogP contribution in [0.2, 0.25) is 10.0 Å². The van der Waals surface area contributed by atoms with E-state index < -0.39 is 261 Å². The maximum Gasteiger partial charge on any atom is 0.330 e. The maximum atomic E-state index is 16.6. The van der Waals surface area contributed by atoms with Crippen LogP contribution < -0.4 is 72.9 Å². The van der Waals surface area contributed by atoms with Crippen LogP contribution in [0, 0.1) is 5.92 Å². The van der Waals surface area contributed by atoms with Crippen LogP contribution >= 0.6 is 23.2 Å². The molecule has 129 heavy (non-hydrogen) atoms. The molecule has 11 bridgehead atoms. The molecule has 0 spiro atoms. The van der Waals surface area contributed by atoms with Gasteiger partial charge in [-0.25, -0.2) is 4.79 Å². The van der Waals surface area contributed by atoms with Crippen molar-refractivity contribution < 1.29 is 132 Å². The van der Waals surface area contributed by atoms with Gasteiger partial charge in [0.25, 0.3) is 0 Å². The van der Waals surface area contributed by atoms with Gasteiger partial charge in [-0.1, -0.05) is 119 Å². The van der Waals surface area contributed by atoms with Gasteiger partial charge in [-0.15, -0.1) is 0 Å². The Balaban J connectivity index is 1.04. The second-order valence-electron chi connectivity index (χ2n) is 34.5. The van der Waals surface area contributed by atoms with Crippen molar-refractivity contribution in [1.29, 1.82) is 0 Å². The van der Waals surface area contributed by atoms with Gasteiger partial charge in [0, 0.05) is 53.2 Å². The molecule has 6 aromatic carbocycles. The number of halogens is 2. The first-order chi connectivity index (χ1) is 61.3. The zero-order valence-corrected chi connectivity index (χ0v) is 73.9. The van der Waals surface area contributed by atoms with Crippen molar-refractivity contribution in [3.8, 4) is 62.9 Å². The van der Waals surface area contributed by atoms with E-state index in [2.05, 4.69) is 49.5 Å². The van der Waals surface area contributed by atoms with Crippen LogP contribution in [0.25, 0.3) is 11.1 Å². The van der Waals surface area contributed by atoms with Gasteiger partial charge in [-0.05, 0) is 148 Å². The Morgan fingerprint density at radius 2 is 1.25 bits per heavy atom. The summed E-state index contributed by atoms with van der Waals surface area (Å²) in [6.45, 7) is 11.9. The second kappa shape index (κ2) is 42.3. The van der Waals surface area contributed by atoms with Gasteiger partial charge in [-0.3, -0.25) is 33.6 Å². The predicted molar refractivity (Wildman–Crippen MR) is 463 cm³/mol. The van der Waals surface area contributed by atoms with Crippen LogP contribution in [0.3, 0.4) is 0 Å². The number of nitrogens with one attached hydrogen (secondary N) is 8. The molecule has 7 amide bonds. The number of carboxylic acid groups (broad SMARTS) is 1. The van der Waals surface area contributed by atoms with Crippen LogP contribution in [-0.2, 0) is 68.6 Å². The molecule has 1 unspecified atom stereocenters. The van der Waals surface area contributed by atoms with Crippen LogP contribution in [0.5, 0.6) is 51.7 Å². The Morgan fingerprint density at radius 1 is 0.643 bits per heavy atom. The van der Waals surface area contributed by atoms with Crippen LogP contribution in [0.15, 0.2) is 103 Å². The Bertz CT molecular complexity index is 5060. The zero-order chi connectivity index (χ0) is 93.4. The monoisotopic (exact) mass is 1840 g/mol. The van der Waals surface area contributed by atoms with Gasteiger partial charge in [0.2, 0.25) is 53.4 Å². The Morgan fingerprint density at radius 3 is 1.87 bits per heavy atom. The lowest BCUT2D eigenvalue weighted by molar-refractivity contribution is -0.334. The van der Waals surface area contributed by atoms with Crippen molar-refractivity contribution >= 4 is 70.5 Å². The van der Waals surface area contributed by atoms with E-state index in [1.807, 2.05) is 38.1 Å². The number of carbonyl (C=O) groups is 8. The Labute approximate surface area is 753 Å². The smallest absolute Gasteiger partial charge is 0.330 e. The van der Waals surface area contributed by atoms with Crippen LogP contribution in [0.4, 0.5) is 0 Å². The average molecular weight is 1840 g/mol. The number of rotatable bonds is 28. The third kappa shape index (κ3) is 23.0. The molecule has 8 aliphatic heterocycles. The fourth-order valence-electron chi connectivity index (χ4n) is 16.8. The largest absolute Gasteiger partial charge is 0.508 e. The van der Waals surface area contributed by atoms with Crippen molar-refractivity contribution in [3.63, 3.8) is 0 Å². The lowest BCUT2D eigenvalue weighted by Crippen LogP contribution is -2.65. The van der Waals surface area contributed by atoms with Gasteiger partial charge in [0.05, 0.1) is 60.1 Å². The number of primary amides is 1. The van der Waals surface area contributed by atoms with Gasteiger partial charge >= 0.3 is 5.97 Å². The number of benzene rings is 6. The number of amides is 7. The van der Waals surface area contributed by atoms with E-state index in [1.54, 1.807) is 13.8 Å². The number of phenols is 3. The highest BCUT2D eigenvalue weighted by atomic mass is 35.5. The number of hydrogen-bond acceptors (Lipinski definition) is 29. The third-order valence-electron chi connectivity index (χ3n) is 24.0. The summed E-state index contributed by atoms with van der Waals surface area (Å²) in [6.07, 6.45) is -13.7. The minimum Gasteiger partial charge on any atom is -0.508 e. The van der Waals surface area contributed by atoms with Gasteiger partial charge in [0.1, 0.15) is 95.2 Å². The van der Waals surface area contributed by atoms with E-state index in [-0.39, 0.29) is 59.2 Å². The highest BCUT2D eigenvalue weighted by Crippen LogP contribution is 2.51. The van der Waals surface area contributed by atoms with Gasteiger partial charge in [-0.2, -0.15) is 0 Å². The summed E-state index contributed by atoms with van der Waals surface area (Å²) in [6, 6.07) is 7.13. The summed E-state index contributed by atoms with van der Waals surface area (Å²) in [4.78, 5) is 121. The quantitative estimate of drug-likeness (QED) is 0.0262. The lowest BCUT2D eigenvalue weighted by atomic mass is 9.84. The van der Waals surface area contributed by atoms with E-state index >= 15 is 24.0 Å². The summed E-state index contributed by atoms with van der Waals surface area (Å²) < 4.78 is 59.1.